The SMILES string of the molecule is Cn1nc(-c2cccs2)cc1NS(=O)(=O)c1ccc2c(c1)CN(C(=O)C(F)(F)F)CC2. The van der Waals surface area contributed by atoms with Crippen molar-refractivity contribution in [2.24, 2.45) is 7.05 Å². The van der Waals surface area contributed by atoms with Crippen LogP contribution in [-0.2, 0) is 34.8 Å². The summed E-state index contributed by atoms with van der Waals surface area (Å²) in [5.74, 6) is -1.68. The van der Waals surface area contributed by atoms with Gasteiger partial charge >= 0.3 is 12.1 Å². The van der Waals surface area contributed by atoms with E-state index in [1.807, 2.05) is 17.5 Å². The number of hydrogen-bond acceptors (Lipinski definition) is 5. The maximum Gasteiger partial charge on any atom is 0.471 e. The first-order valence-electron chi connectivity index (χ1n) is 9.13. The molecular weight excluding hydrogens is 453 g/mol. The van der Waals surface area contributed by atoms with Gasteiger partial charge in [-0.05, 0) is 41.1 Å². The number of thiophene rings is 1. The topological polar surface area (TPSA) is 84.3 Å². The van der Waals surface area contributed by atoms with E-state index in [9.17, 15) is 26.4 Å². The lowest BCUT2D eigenvalue weighted by Crippen LogP contribution is -2.43. The van der Waals surface area contributed by atoms with E-state index in [1.165, 1.54) is 28.2 Å². The molecule has 0 aliphatic carbocycles. The summed E-state index contributed by atoms with van der Waals surface area (Å²) in [6.07, 6.45) is -4.75. The molecule has 1 aliphatic rings. The van der Waals surface area contributed by atoms with Crippen molar-refractivity contribution in [3.05, 3.63) is 52.9 Å². The van der Waals surface area contributed by atoms with Gasteiger partial charge in [0.2, 0.25) is 0 Å². The van der Waals surface area contributed by atoms with Crippen molar-refractivity contribution in [1.29, 1.82) is 0 Å². The molecule has 0 fully saturated rings. The van der Waals surface area contributed by atoms with Crippen LogP contribution in [0, 0.1) is 0 Å². The number of aryl methyl sites for hydroxylation is 1. The molecule has 0 spiro atoms. The van der Waals surface area contributed by atoms with Gasteiger partial charge in [-0.1, -0.05) is 12.1 Å². The number of sulfonamides is 1. The lowest BCUT2D eigenvalue weighted by Gasteiger charge is -2.29. The van der Waals surface area contributed by atoms with Gasteiger partial charge in [-0.25, -0.2) is 8.42 Å². The number of amides is 1. The molecule has 1 aromatic carbocycles. The molecule has 7 nitrogen and oxygen atoms in total. The molecule has 1 amide bonds. The third-order valence-corrected chi connectivity index (χ3v) is 7.17. The van der Waals surface area contributed by atoms with Crippen LogP contribution in [0.3, 0.4) is 0 Å². The fourth-order valence-corrected chi connectivity index (χ4v) is 5.17. The minimum atomic E-state index is -4.97. The Morgan fingerprint density at radius 3 is 2.65 bits per heavy atom. The normalized spacial score (nSPS) is 14.4. The average Bonchev–Trinajstić information content (AvgIpc) is 3.36. The van der Waals surface area contributed by atoms with E-state index in [0.29, 0.717) is 21.7 Å². The zero-order chi connectivity index (χ0) is 22.4. The van der Waals surface area contributed by atoms with Gasteiger partial charge in [-0.15, -0.1) is 11.3 Å². The predicted octanol–water partition coefficient (Wildman–Crippen LogP) is 3.40. The Morgan fingerprint density at radius 2 is 1.97 bits per heavy atom. The number of benzene rings is 1. The summed E-state index contributed by atoms with van der Waals surface area (Å²) in [6.45, 7) is -0.374. The van der Waals surface area contributed by atoms with E-state index in [0.717, 1.165) is 4.88 Å². The lowest BCUT2D eigenvalue weighted by molar-refractivity contribution is -0.186. The van der Waals surface area contributed by atoms with Crippen molar-refractivity contribution < 1.29 is 26.4 Å². The van der Waals surface area contributed by atoms with Gasteiger partial charge in [0, 0.05) is 26.2 Å². The summed E-state index contributed by atoms with van der Waals surface area (Å²) in [7, 11) is -2.42. The quantitative estimate of drug-likeness (QED) is 0.634. The molecule has 12 heteroatoms. The number of carbonyl (C=O) groups excluding carboxylic acids is 1. The van der Waals surface area contributed by atoms with E-state index < -0.39 is 22.1 Å². The zero-order valence-electron chi connectivity index (χ0n) is 16.2. The van der Waals surface area contributed by atoms with Crippen molar-refractivity contribution in [3.63, 3.8) is 0 Å². The predicted molar refractivity (Wildman–Crippen MR) is 109 cm³/mol. The summed E-state index contributed by atoms with van der Waals surface area (Å²) in [4.78, 5) is 13.0. The highest BCUT2D eigenvalue weighted by atomic mass is 32.2. The van der Waals surface area contributed by atoms with Gasteiger partial charge in [0.15, 0.2) is 0 Å². The number of aromatic nitrogens is 2. The number of anilines is 1. The zero-order valence-corrected chi connectivity index (χ0v) is 17.8. The van der Waals surface area contributed by atoms with Gasteiger partial charge in [0.1, 0.15) is 11.5 Å². The fourth-order valence-electron chi connectivity index (χ4n) is 3.36. The Morgan fingerprint density at radius 1 is 1.19 bits per heavy atom. The first kappa shape index (κ1) is 21.4. The Bertz CT molecular complexity index is 1230. The van der Waals surface area contributed by atoms with E-state index >= 15 is 0 Å². The van der Waals surface area contributed by atoms with E-state index in [1.54, 1.807) is 19.2 Å². The maximum atomic E-state index is 12.9. The fraction of sp³-hybridized carbons (Fsp3) is 0.263. The van der Waals surface area contributed by atoms with Crippen molar-refractivity contribution in [1.82, 2.24) is 14.7 Å². The van der Waals surface area contributed by atoms with E-state index in [4.69, 9.17) is 0 Å². The molecule has 0 saturated carbocycles. The number of fused-ring (bicyclic) bond motifs is 1. The van der Waals surface area contributed by atoms with Crippen LogP contribution >= 0.6 is 11.3 Å². The molecule has 4 rings (SSSR count). The van der Waals surface area contributed by atoms with Crippen LogP contribution < -0.4 is 4.72 Å². The molecule has 2 aromatic heterocycles. The highest BCUT2D eigenvalue weighted by Gasteiger charge is 2.43. The number of nitrogens with one attached hydrogen (secondary N) is 1. The molecule has 0 saturated heterocycles. The molecule has 164 valence electrons. The minimum Gasteiger partial charge on any atom is -0.330 e. The number of alkyl halides is 3. The maximum absolute atomic E-state index is 12.9. The number of rotatable bonds is 4. The molecule has 0 bridgehead atoms. The Kier molecular flexibility index (Phi) is 5.30. The first-order valence-corrected chi connectivity index (χ1v) is 11.5. The van der Waals surface area contributed by atoms with Crippen LogP contribution in [0.5, 0.6) is 0 Å². The van der Waals surface area contributed by atoms with Gasteiger partial charge in [-0.2, -0.15) is 18.3 Å². The molecule has 0 radical (unpaired) electrons. The number of halogens is 3. The van der Waals surface area contributed by atoms with Crippen LogP contribution in [0.25, 0.3) is 10.6 Å². The van der Waals surface area contributed by atoms with Crippen molar-refractivity contribution in [3.8, 4) is 10.6 Å². The molecular formula is C19H17F3N4O3S2. The molecule has 1 aliphatic heterocycles. The molecule has 31 heavy (non-hydrogen) atoms. The molecule has 1 N–H and O–H groups in total. The van der Waals surface area contributed by atoms with Crippen LogP contribution in [-0.4, -0.2) is 41.7 Å². The first-order chi connectivity index (χ1) is 14.5. The summed E-state index contributed by atoms with van der Waals surface area (Å²) >= 11 is 1.47. The largest absolute Gasteiger partial charge is 0.471 e. The third-order valence-electron chi connectivity index (χ3n) is 4.92. The average molecular weight is 470 g/mol. The standard InChI is InChI=1S/C19H17F3N4O3S2/c1-25-17(10-15(23-25)16-3-2-8-30-16)24-31(28,29)14-5-4-12-6-7-26(11-13(12)9-14)18(27)19(20,21)22/h2-5,8-10,24H,6-7,11H2,1H3. The second kappa shape index (κ2) is 7.68. The van der Waals surface area contributed by atoms with Crippen molar-refractivity contribution >= 4 is 33.1 Å². The smallest absolute Gasteiger partial charge is 0.330 e. The highest BCUT2D eigenvalue weighted by Crippen LogP contribution is 2.29. The van der Waals surface area contributed by atoms with Crippen molar-refractivity contribution in [2.45, 2.75) is 24.0 Å². The third kappa shape index (κ3) is 4.30. The number of hydrogen-bond donors (Lipinski definition) is 1. The molecule has 3 aromatic rings. The van der Waals surface area contributed by atoms with Crippen molar-refractivity contribution in [2.75, 3.05) is 11.3 Å². The summed E-state index contributed by atoms with van der Waals surface area (Å²) in [6, 6.07) is 9.61. The van der Waals surface area contributed by atoms with E-state index in [2.05, 4.69) is 9.82 Å². The molecule has 0 atom stereocenters. The Balaban J connectivity index is 1.58. The monoisotopic (exact) mass is 470 g/mol. The van der Waals surface area contributed by atoms with E-state index in [-0.39, 0.29) is 30.2 Å². The van der Waals surface area contributed by atoms with Gasteiger partial charge in [0.05, 0.1) is 9.77 Å². The molecule has 3 heterocycles. The Hall–Kier alpha value is -2.86. The second-order valence-electron chi connectivity index (χ2n) is 7.03. The van der Waals surface area contributed by atoms with Gasteiger partial charge < -0.3 is 4.90 Å². The number of carbonyl (C=O) groups is 1. The lowest BCUT2D eigenvalue weighted by atomic mass is 10.00. The minimum absolute atomic E-state index is 0.0732. The second-order valence-corrected chi connectivity index (χ2v) is 9.66. The highest BCUT2D eigenvalue weighted by molar-refractivity contribution is 7.92. The molecule has 0 unspecified atom stereocenters. The Labute approximate surface area is 180 Å². The van der Waals surface area contributed by atoms with Crippen LogP contribution in [0.4, 0.5) is 19.0 Å². The van der Waals surface area contributed by atoms with Gasteiger partial charge in [0.25, 0.3) is 10.0 Å². The summed E-state index contributed by atoms with van der Waals surface area (Å²) in [5, 5.41) is 6.19. The summed E-state index contributed by atoms with van der Waals surface area (Å²) in [5.41, 5.74) is 1.70. The van der Waals surface area contributed by atoms with Crippen LogP contribution in [0.1, 0.15) is 11.1 Å². The van der Waals surface area contributed by atoms with Gasteiger partial charge in [-0.3, -0.25) is 14.2 Å². The number of nitrogens with zero attached hydrogens (tertiary/aromatic N) is 3. The summed E-state index contributed by atoms with van der Waals surface area (Å²) < 4.78 is 67.9. The van der Waals surface area contributed by atoms with Crippen LogP contribution in [0.2, 0.25) is 0 Å². The van der Waals surface area contributed by atoms with Crippen LogP contribution in [0.15, 0.2) is 46.7 Å².